The van der Waals surface area contributed by atoms with E-state index in [-0.39, 0.29) is 11.8 Å². The van der Waals surface area contributed by atoms with Gasteiger partial charge in [0.05, 0.1) is 13.7 Å². The topological polar surface area (TPSA) is 41.9 Å². The van der Waals surface area contributed by atoms with Crippen molar-refractivity contribution in [3.8, 4) is 11.5 Å². The molecule has 1 aromatic carbocycles. The van der Waals surface area contributed by atoms with E-state index in [1.54, 1.807) is 20.3 Å². The fourth-order valence-corrected chi connectivity index (χ4v) is 2.03. The summed E-state index contributed by atoms with van der Waals surface area (Å²) in [5.41, 5.74) is 0.911. The molecule has 0 fully saturated rings. The minimum Gasteiger partial charge on any atom is -0.507 e. The van der Waals surface area contributed by atoms with Gasteiger partial charge in [-0.15, -0.1) is 0 Å². The number of nitrogens with zero attached hydrogens (tertiary/aromatic N) is 1. The number of methoxy groups -OCH3 is 2. The summed E-state index contributed by atoms with van der Waals surface area (Å²) in [7, 11) is 3.29. The molecule has 0 saturated heterocycles. The second kappa shape index (κ2) is 7.24. The third kappa shape index (κ3) is 3.62. The molecule has 18 heavy (non-hydrogen) atoms. The van der Waals surface area contributed by atoms with Gasteiger partial charge in [-0.1, -0.05) is 13.0 Å². The zero-order valence-corrected chi connectivity index (χ0v) is 11.6. The van der Waals surface area contributed by atoms with Crippen molar-refractivity contribution in [1.29, 1.82) is 0 Å². The molecule has 0 aromatic heterocycles. The van der Waals surface area contributed by atoms with Crippen molar-refractivity contribution in [2.75, 3.05) is 33.9 Å². The molecule has 1 rings (SSSR count). The normalized spacial score (nSPS) is 12.7. The van der Waals surface area contributed by atoms with E-state index < -0.39 is 0 Å². The summed E-state index contributed by atoms with van der Waals surface area (Å²) in [5.74, 6) is 0.945. The van der Waals surface area contributed by atoms with Gasteiger partial charge in [0.1, 0.15) is 11.5 Å². The zero-order valence-electron chi connectivity index (χ0n) is 11.6. The van der Waals surface area contributed by atoms with Crippen molar-refractivity contribution in [3.05, 3.63) is 23.8 Å². The standard InChI is InChI=1S/C14H23NO3/c1-5-15(8-9-17-3)11(2)13-7-6-12(18-4)10-14(13)16/h6-7,10-11,16H,5,8-9H2,1-4H3. The number of likely N-dealkylation sites (N-methyl/N-ethyl adjacent to an activating group) is 1. The minimum absolute atomic E-state index is 0.149. The first-order chi connectivity index (χ1) is 8.63. The van der Waals surface area contributed by atoms with Gasteiger partial charge in [0.25, 0.3) is 0 Å². The van der Waals surface area contributed by atoms with Crippen LogP contribution in [0.15, 0.2) is 18.2 Å². The highest BCUT2D eigenvalue weighted by Crippen LogP contribution is 2.31. The molecule has 0 aliphatic heterocycles. The van der Waals surface area contributed by atoms with Crippen molar-refractivity contribution >= 4 is 0 Å². The molecule has 0 radical (unpaired) electrons. The van der Waals surface area contributed by atoms with Gasteiger partial charge in [-0.25, -0.2) is 0 Å². The molecule has 1 aromatic rings. The van der Waals surface area contributed by atoms with Gasteiger partial charge in [0, 0.05) is 31.3 Å². The molecule has 4 heteroatoms. The highest BCUT2D eigenvalue weighted by molar-refractivity contribution is 5.41. The molecule has 0 aliphatic rings. The molecular weight excluding hydrogens is 230 g/mol. The van der Waals surface area contributed by atoms with Crippen molar-refractivity contribution in [1.82, 2.24) is 4.90 Å². The number of hydrogen-bond donors (Lipinski definition) is 1. The lowest BCUT2D eigenvalue weighted by molar-refractivity contribution is 0.128. The van der Waals surface area contributed by atoms with Crippen LogP contribution >= 0.6 is 0 Å². The van der Waals surface area contributed by atoms with Gasteiger partial charge >= 0.3 is 0 Å². The van der Waals surface area contributed by atoms with Crippen LogP contribution in [-0.4, -0.2) is 43.9 Å². The Labute approximate surface area is 109 Å². The van der Waals surface area contributed by atoms with Crippen LogP contribution in [0.3, 0.4) is 0 Å². The molecule has 1 unspecified atom stereocenters. The smallest absolute Gasteiger partial charge is 0.124 e. The average Bonchev–Trinajstić information content (AvgIpc) is 2.39. The van der Waals surface area contributed by atoms with E-state index in [4.69, 9.17) is 9.47 Å². The number of rotatable bonds is 7. The van der Waals surface area contributed by atoms with Gasteiger partial charge in [-0.3, -0.25) is 4.90 Å². The molecular formula is C14H23NO3. The predicted octanol–water partition coefficient (Wildman–Crippen LogP) is 2.43. The maximum atomic E-state index is 10.0. The maximum absolute atomic E-state index is 10.0. The quantitative estimate of drug-likeness (QED) is 0.810. The number of hydrogen-bond acceptors (Lipinski definition) is 4. The SMILES string of the molecule is CCN(CCOC)C(C)c1ccc(OC)cc1O. The lowest BCUT2D eigenvalue weighted by Crippen LogP contribution is -2.30. The van der Waals surface area contributed by atoms with Crippen LogP contribution in [-0.2, 0) is 4.74 Å². The lowest BCUT2D eigenvalue weighted by Gasteiger charge is -2.28. The van der Waals surface area contributed by atoms with Crippen LogP contribution in [0.1, 0.15) is 25.5 Å². The molecule has 0 saturated carbocycles. The van der Waals surface area contributed by atoms with Crippen LogP contribution in [0.4, 0.5) is 0 Å². The summed E-state index contributed by atoms with van der Waals surface area (Å²) >= 11 is 0. The van der Waals surface area contributed by atoms with E-state index >= 15 is 0 Å². The molecule has 4 nitrogen and oxygen atoms in total. The molecule has 0 aliphatic carbocycles. The molecule has 1 atom stereocenters. The second-order valence-electron chi connectivity index (χ2n) is 4.22. The van der Waals surface area contributed by atoms with Crippen LogP contribution in [0.2, 0.25) is 0 Å². The van der Waals surface area contributed by atoms with E-state index in [9.17, 15) is 5.11 Å². The summed E-state index contributed by atoms with van der Waals surface area (Å²) in [6.45, 7) is 6.64. The van der Waals surface area contributed by atoms with Gasteiger partial charge < -0.3 is 14.6 Å². The number of phenols is 1. The first-order valence-electron chi connectivity index (χ1n) is 6.23. The second-order valence-corrected chi connectivity index (χ2v) is 4.22. The van der Waals surface area contributed by atoms with E-state index in [1.807, 2.05) is 12.1 Å². The highest BCUT2D eigenvalue weighted by Gasteiger charge is 2.17. The fraction of sp³-hybridized carbons (Fsp3) is 0.571. The van der Waals surface area contributed by atoms with E-state index in [2.05, 4.69) is 18.7 Å². The van der Waals surface area contributed by atoms with Crippen LogP contribution in [0, 0.1) is 0 Å². The summed E-state index contributed by atoms with van der Waals surface area (Å²) in [6.07, 6.45) is 0. The Kier molecular flexibility index (Phi) is 5.95. The molecule has 1 N–H and O–H groups in total. The van der Waals surface area contributed by atoms with Gasteiger partial charge in [0.15, 0.2) is 0 Å². The number of aromatic hydroxyl groups is 1. The largest absolute Gasteiger partial charge is 0.507 e. The first-order valence-corrected chi connectivity index (χ1v) is 6.23. The van der Waals surface area contributed by atoms with Gasteiger partial charge in [-0.05, 0) is 19.5 Å². The van der Waals surface area contributed by atoms with Crippen molar-refractivity contribution < 1.29 is 14.6 Å². The minimum atomic E-state index is 0.149. The maximum Gasteiger partial charge on any atom is 0.124 e. The zero-order chi connectivity index (χ0) is 13.5. The Balaban J connectivity index is 2.83. The van der Waals surface area contributed by atoms with Crippen molar-refractivity contribution in [3.63, 3.8) is 0 Å². The van der Waals surface area contributed by atoms with Gasteiger partial charge in [-0.2, -0.15) is 0 Å². The Morgan fingerprint density at radius 2 is 2.06 bits per heavy atom. The van der Waals surface area contributed by atoms with Crippen molar-refractivity contribution in [2.24, 2.45) is 0 Å². The number of phenolic OH excluding ortho intramolecular Hbond substituents is 1. The summed E-state index contributed by atoms with van der Waals surface area (Å²) < 4.78 is 10.2. The van der Waals surface area contributed by atoms with E-state index in [0.29, 0.717) is 12.4 Å². The van der Waals surface area contributed by atoms with E-state index in [1.165, 1.54) is 0 Å². The third-order valence-corrected chi connectivity index (χ3v) is 3.22. The molecule has 102 valence electrons. The lowest BCUT2D eigenvalue weighted by atomic mass is 10.1. The molecule has 0 spiro atoms. The summed E-state index contributed by atoms with van der Waals surface area (Å²) in [4.78, 5) is 2.25. The third-order valence-electron chi connectivity index (χ3n) is 3.22. The van der Waals surface area contributed by atoms with Crippen LogP contribution in [0.25, 0.3) is 0 Å². The Morgan fingerprint density at radius 3 is 2.56 bits per heavy atom. The highest BCUT2D eigenvalue weighted by atomic mass is 16.5. The van der Waals surface area contributed by atoms with Crippen LogP contribution in [0.5, 0.6) is 11.5 Å². The Morgan fingerprint density at radius 1 is 1.33 bits per heavy atom. The van der Waals surface area contributed by atoms with Gasteiger partial charge in [0.2, 0.25) is 0 Å². The molecule has 0 amide bonds. The fourth-order valence-electron chi connectivity index (χ4n) is 2.03. The predicted molar refractivity (Wildman–Crippen MR) is 72.2 cm³/mol. The van der Waals surface area contributed by atoms with Crippen molar-refractivity contribution in [2.45, 2.75) is 19.9 Å². The molecule has 0 bridgehead atoms. The first kappa shape index (κ1) is 14.8. The summed E-state index contributed by atoms with van der Waals surface area (Å²) in [6, 6.07) is 5.58. The van der Waals surface area contributed by atoms with Crippen LogP contribution < -0.4 is 4.74 Å². The number of benzene rings is 1. The number of ether oxygens (including phenoxy) is 2. The Bertz CT molecular complexity index is 368. The average molecular weight is 253 g/mol. The summed E-state index contributed by atoms with van der Waals surface area (Å²) in [5, 5.41) is 10.0. The Hall–Kier alpha value is -1.26. The molecule has 0 heterocycles. The monoisotopic (exact) mass is 253 g/mol. The van der Waals surface area contributed by atoms with E-state index in [0.717, 1.165) is 18.7 Å².